The molecule has 2 aliphatic carbocycles. The van der Waals surface area contributed by atoms with Crippen LogP contribution < -0.4 is 0 Å². The second-order valence-electron chi connectivity index (χ2n) is 7.81. The molecule has 128 valence electrons. The molecular formula is C24H27N. The van der Waals surface area contributed by atoms with E-state index in [0.29, 0.717) is 11.8 Å². The van der Waals surface area contributed by atoms with E-state index in [9.17, 15) is 0 Å². The largest absolute Gasteiger partial charge is 0.304 e. The molecule has 1 atom stereocenters. The molecule has 1 saturated carbocycles. The normalized spacial score (nSPS) is 21.3. The van der Waals surface area contributed by atoms with Gasteiger partial charge in [0, 0.05) is 23.1 Å². The molecule has 2 aromatic rings. The lowest BCUT2D eigenvalue weighted by atomic mass is 9.79. The van der Waals surface area contributed by atoms with E-state index in [0.717, 1.165) is 5.71 Å². The number of hydrogen-bond donors (Lipinski definition) is 1. The Morgan fingerprint density at radius 3 is 2.28 bits per heavy atom. The molecule has 0 heterocycles. The second kappa shape index (κ2) is 6.63. The average Bonchev–Trinajstić information content (AvgIpc) is 2.98. The summed E-state index contributed by atoms with van der Waals surface area (Å²) >= 11 is 0. The highest BCUT2D eigenvalue weighted by atomic mass is 14.5. The Morgan fingerprint density at radius 1 is 0.960 bits per heavy atom. The van der Waals surface area contributed by atoms with Gasteiger partial charge in [-0.25, -0.2) is 0 Å². The van der Waals surface area contributed by atoms with E-state index in [4.69, 9.17) is 5.41 Å². The fourth-order valence-corrected chi connectivity index (χ4v) is 4.59. The minimum atomic E-state index is 0.323. The van der Waals surface area contributed by atoms with Gasteiger partial charge in [0.25, 0.3) is 0 Å². The highest BCUT2D eigenvalue weighted by molar-refractivity contribution is 6.05. The van der Waals surface area contributed by atoms with Crippen molar-refractivity contribution in [3.05, 3.63) is 70.8 Å². The fourth-order valence-electron chi connectivity index (χ4n) is 4.59. The third-order valence-corrected chi connectivity index (χ3v) is 5.93. The first-order chi connectivity index (χ1) is 12.1. The number of fused-ring (bicyclic) bond motifs is 1. The van der Waals surface area contributed by atoms with Crippen molar-refractivity contribution < 1.29 is 0 Å². The van der Waals surface area contributed by atoms with Crippen LogP contribution in [-0.4, -0.2) is 5.71 Å². The van der Waals surface area contributed by atoms with Crippen molar-refractivity contribution >= 4 is 16.5 Å². The lowest BCUT2D eigenvalue weighted by Crippen LogP contribution is -2.20. The molecule has 1 unspecified atom stereocenters. The number of benzene rings is 2. The van der Waals surface area contributed by atoms with Crippen LogP contribution in [0.3, 0.4) is 0 Å². The van der Waals surface area contributed by atoms with Gasteiger partial charge in [0.2, 0.25) is 0 Å². The van der Waals surface area contributed by atoms with E-state index in [-0.39, 0.29) is 0 Å². The van der Waals surface area contributed by atoms with Crippen LogP contribution in [0.4, 0.5) is 0 Å². The zero-order chi connectivity index (χ0) is 17.4. The molecule has 0 aromatic heterocycles. The van der Waals surface area contributed by atoms with E-state index < -0.39 is 0 Å². The van der Waals surface area contributed by atoms with Crippen molar-refractivity contribution in [3.63, 3.8) is 0 Å². The molecule has 4 rings (SSSR count). The summed E-state index contributed by atoms with van der Waals surface area (Å²) in [4.78, 5) is 0. The zero-order valence-electron chi connectivity index (χ0n) is 15.3. The summed E-state index contributed by atoms with van der Waals surface area (Å²) in [5, 5.41) is 11.5. The van der Waals surface area contributed by atoms with Gasteiger partial charge >= 0.3 is 0 Å². The first kappa shape index (κ1) is 16.3. The SMILES string of the molecule is CC1=CC(c2cc3ccccc3cc2C(=N)C2CCCCC2)C(C)=C1. The van der Waals surface area contributed by atoms with Crippen LogP contribution in [0.1, 0.15) is 63.0 Å². The number of rotatable bonds is 3. The first-order valence-electron chi connectivity index (χ1n) is 9.61. The van der Waals surface area contributed by atoms with Crippen LogP contribution in [-0.2, 0) is 0 Å². The summed E-state index contributed by atoms with van der Waals surface area (Å²) in [6.07, 6.45) is 10.9. The molecular weight excluding hydrogens is 302 g/mol. The van der Waals surface area contributed by atoms with Crippen molar-refractivity contribution in [2.24, 2.45) is 5.92 Å². The highest BCUT2D eigenvalue weighted by Gasteiger charge is 2.25. The molecule has 1 heteroatoms. The topological polar surface area (TPSA) is 23.9 Å². The number of hydrogen-bond acceptors (Lipinski definition) is 1. The third kappa shape index (κ3) is 3.08. The molecule has 1 fully saturated rings. The van der Waals surface area contributed by atoms with Crippen LogP contribution in [0, 0.1) is 11.3 Å². The molecule has 0 radical (unpaired) electrons. The lowest BCUT2D eigenvalue weighted by molar-refractivity contribution is 0.438. The Balaban J connectivity index is 1.84. The predicted octanol–water partition coefficient (Wildman–Crippen LogP) is 6.78. The van der Waals surface area contributed by atoms with Crippen LogP contribution >= 0.6 is 0 Å². The summed E-state index contributed by atoms with van der Waals surface area (Å²) in [7, 11) is 0. The van der Waals surface area contributed by atoms with Gasteiger partial charge in [-0.2, -0.15) is 0 Å². The van der Waals surface area contributed by atoms with E-state index in [1.54, 1.807) is 0 Å². The van der Waals surface area contributed by atoms with Gasteiger partial charge in [0.05, 0.1) is 0 Å². The molecule has 0 bridgehead atoms. The average molecular weight is 329 g/mol. The minimum absolute atomic E-state index is 0.323. The zero-order valence-corrected chi connectivity index (χ0v) is 15.3. The Morgan fingerprint density at radius 2 is 1.64 bits per heavy atom. The van der Waals surface area contributed by atoms with Gasteiger partial charge in [-0.3, -0.25) is 0 Å². The highest BCUT2D eigenvalue weighted by Crippen LogP contribution is 2.38. The molecule has 2 aliphatic rings. The second-order valence-corrected chi connectivity index (χ2v) is 7.81. The van der Waals surface area contributed by atoms with Crippen LogP contribution in [0.5, 0.6) is 0 Å². The Labute approximate surface area is 151 Å². The van der Waals surface area contributed by atoms with Crippen LogP contribution in [0.2, 0.25) is 0 Å². The standard InChI is InChI=1S/C24H27N/c1-16-12-17(2)21(13-16)22-14-19-10-6-7-11-20(19)15-23(22)24(25)18-8-4-3-5-9-18/h6-7,10-15,18,21,25H,3-5,8-9H2,1-2H3. The monoisotopic (exact) mass is 329 g/mol. The van der Waals surface area contributed by atoms with Gasteiger partial charge in [0.1, 0.15) is 0 Å². The van der Waals surface area contributed by atoms with Crippen molar-refractivity contribution in [3.8, 4) is 0 Å². The van der Waals surface area contributed by atoms with Crippen LogP contribution in [0.25, 0.3) is 10.8 Å². The number of allylic oxidation sites excluding steroid dienone is 4. The van der Waals surface area contributed by atoms with Crippen molar-refractivity contribution in [1.29, 1.82) is 5.41 Å². The molecule has 0 aliphatic heterocycles. The Hall–Kier alpha value is -2.15. The van der Waals surface area contributed by atoms with Crippen molar-refractivity contribution in [2.45, 2.75) is 51.9 Å². The van der Waals surface area contributed by atoms with Crippen LogP contribution in [0.15, 0.2) is 59.7 Å². The minimum Gasteiger partial charge on any atom is -0.304 e. The molecule has 0 saturated heterocycles. The van der Waals surface area contributed by atoms with Gasteiger partial charge in [-0.15, -0.1) is 0 Å². The van der Waals surface area contributed by atoms with E-state index in [1.165, 1.54) is 65.1 Å². The summed E-state index contributed by atoms with van der Waals surface area (Å²) in [5.74, 6) is 0.757. The molecule has 1 nitrogen and oxygen atoms in total. The smallest absolute Gasteiger partial charge is 0.0420 e. The summed E-state index contributed by atoms with van der Waals surface area (Å²) < 4.78 is 0. The summed E-state index contributed by atoms with van der Waals surface area (Å²) in [5.41, 5.74) is 6.09. The maximum absolute atomic E-state index is 8.98. The summed E-state index contributed by atoms with van der Waals surface area (Å²) in [6.45, 7) is 4.40. The molecule has 0 amide bonds. The van der Waals surface area contributed by atoms with Crippen molar-refractivity contribution in [2.75, 3.05) is 0 Å². The number of nitrogens with one attached hydrogen (secondary N) is 1. The summed E-state index contributed by atoms with van der Waals surface area (Å²) in [6, 6.07) is 13.2. The van der Waals surface area contributed by atoms with E-state index in [2.05, 4.69) is 62.4 Å². The van der Waals surface area contributed by atoms with Gasteiger partial charge < -0.3 is 5.41 Å². The quantitative estimate of drug-likeness (QED) is 0.600. The van der Waals surface area contributed by atoms with Crippen molar-refractivity contribution in [1.82, 2.24) is 0 Å². The lowest BCUT2D eigenvalue weighted by Gasteiger charge is -2.26. The Kier molecular flexibility index (Phi) is 4.33. The Bertz CT molecular complexity index is 878. The van der Waals surface area contributed by atoms with Gasteiger partial charge in [-0.05, 0) is 55.2 Å². The predicted molar refractivity (Wildman–Crippen MR) is 108 cm³/mol. The third-order valence-electron chi connectivity index (χ3n) is 5.93. The van der Waals surface area contributed by atoms with Gasteiger partial charge in [0.15, 0.2) is 0 Å². The molecule has 1 N–H and O–H groups in total. The van der Waals surface area contributed by atoms with E-state index in [1.807, 2.05) is 0 Å². The maximum Gasteiger partial charge on any atom is 0.0420 e. The fraction of sp³-hybridized carbons (Fsp3) is 0.375. The molecule has 25 heavy (non-hydrogen) atoms. The maximum atomic E-state index is 8.98. The van der Waals surface area contributed by atoms with E-state index >= 15 is 0 Å². The molecule has 0 spiro atoms. The molecule has 2 aromatic carbocycles. The first-order valence-corrected chi connectivity index (χ1v) is 9.61. The van der Waals surface area contributed by atoms with Gasteiger partial charge in [-0.1, -0.05) is 66.8 Å².